The molecule has 4 nitrogen and oxygen atoms in total. The number of nitrogens with one attached hydrogen (secondary N) is 1. The number of halogens is 1. The number of hydrogen-bond acceptors (Lipinski definition) is 2. The lowest BCUT2D eigenvalue weighted by Crippen LogP contribution is -2.46. The third-order valence-electron chi connectivity index (χ3n) is 3.40. The van der Waals surface area contributed by atoms with Gasteiger partial charge in [-0.1, -0.05) is 23.7 Å². The second kappa shape index (κ2) is 8.18. The van der Waals surface area contributed by atoms with Gasteiger partial charge in [-0.2, -0.15) is 0 Å². The van der Waals surface area contributed by atoms with E-state index in [4.69, 9.17) is 11.6 Å². The highest BCUT2D eigenvalue weighted by Gasteiger charge is 2.23. The molecule has 0 radical (unpaired) electrons. The Kier molecular flexibility index (Phi) is 6.88. The van der Waals surface area contributed by atoms with E-state index in [1.807, 2.05) is 45.0 Å². The smallest absolute Gasteiger partial charge is 0.221 e. The van der Waals surface area contributed by atoms with Gasteiger partial charge in [0.2, 0.25) is 11.8 Å². The summed E-state index contributed by atoms with van der Waals surface area (Å²) in [6.45, 7) is 8.44. The standard InChI is InChI=1S/C17H25ClN2O2/c1-13(21)20(17(2,3)4)12-10-16(22)19-11-9-14-5-7-15(18)8-6-14/h5-8H,9-12H2,1-4H3,(H,19,22). The minimum Gasteiger partial charge on any atom is -0.356 e. The Balaban J connectivity index is 2.34. The summed E-state index contributed by atoms with van der Waals surface area (Å²) in [7, 11) is 0. The van der Waals surface area contributed by atoms with Crippen molar-refractivity contribution in [2.24, 2.45) is 0 Å². The highest BCUT2D eigenvalue weighted by molar-refractivity contribution is 6.30. The maximum Gasteiger partial charge on any atom is 0.221 e. The zero-order valence-electron chi connectivity index (χ0n) is 13.8. The van der Waals surface area contributed by atoms with E-state index < -0.39 is 0 Å². The molecule has 0 heterocycles. The molecule has 1 rings (SSSR count). The summed E-state index contributed by atoms with van der Waals surface area (Å²) in [5.74, 6) is -0.0501. The maximum atomic E-state index is 11.9. The van der Waals surface area contributed by atoms with E-state index in [-0.39, 0.29) is 17.4 Å². The van der Waals surface area contributed by atoms with Gasteiger partial charge in [0.1, 0.15) is 0 Å². The number of benzene rings is 1. The molecule has 0 aliphatic heterocycles. The second-order valence-electron chi connectivity index (χ2n) is 6.32. The van der Waals surface area contributed by atoms with Gasteiger partial charge in [0, 0.05) is 37.0 Å². The molecule has 0 atom stereocenters. The van der Waals surface area contributed by atoms with Gasteiger partial charge in [0.05, 0.1) is 0 Å². The van der Waals surface area contributed by atoms with Crippen molar-refractivity contribution in [3.05, 3.63) is 34.9 Å². The summed E-state index contributed by atoms with van der Waals surface area (Å²) >= 11 is 5.83. The zero-order chi connectivity index (χ0) is 16.8. The average molecular weight is 325 g/mol. The van der Waals surface area contributed by atoms with Crippen LogP contribution < -0.4 is 5.32 Å². The summed E-state index contributed by atoms with van der Waals surface area (Å²) in [5, 5.41) is 3.59. The minimum absolute atomic E-state index is 0.0125. The van der Waals surface area contributed by atoms with Crippen LogP contribution in [0.2, 0.25) is 5.02 Å². The van der Waals surface area contributed by atoms with E-state index in [1.165, 1.54) is 6.92 Å². The molecular weight excluding hydrogens is 300 g/mol. The lowest BCUT2D eigenvalue weighted by Gasteiger charge is -2.34. The van der Waals surface area contributed by atoms with Crippen molar-refractivity contribution in [1.29, 1.82) is 0 Å². The lowest BCUT2D eigenvalue weighted by atomic mass is 10.1. The highest BCUT2D eigenvalue weighted by atomic mass is 35.5. The maximum absolute atomic E-state index is 11.9. The first-order chi connectivity index (χ1) is 10.2. The molecule has 22 heavy (non-hydrogen) atoms. The Labute approximate surface area is 137 Å². The molecule has 0 bridgehead atoms. The van der Waals surface area contributed by atoms with Crippen molar-refractivity contribution < 1.29 is 9.59 Å². The van der Waals surface area contributed by atoms with Gasteiger partial charge in [-0.25, -0.2) is 0 Å². The summed E-state index contributed by atoms with van der Waals surface area (Å²) < 4.78 is 0. The SMILES string of the molecule is CC(=O)N(CCC(=O)NCCc1ccc(Cl)cc1)C(C)(C)C. The largest absolute Gasteiger partial charge is 0.356 e. The topological polar surface area (TPSA) is 49.4 Å². The molecule has 0 aliphatic rings. The van der Waals surface area contributed by atoms with E-state index in [2.05, 4.69) is 5.32 Å². The van der Waals surface area contributed by atoms with Crippen molar-refractivity contribution >= 4 is 23.4 Å². The quantitative estimate of drug-likeness (QED) is 0.874. The Morgan fingerprint density at radius 2 is 1.77 bits per heavy atom. The molecule has 0 aromatic heterocycles. The number of hydrogen-bond donors (Lipinski definition) is 1. The molecule has 1 N–H and O–H groups in total. The molecule has 0 unspecified atom stereocenters. The molecule has 1 aromatic carbocycles. The van der Waals surface area contributed by atoms with Gasteiger partial charge < -0.3 is 10.2 Å². The van der Waals surface area contributed by atoms with Gasteiger partial charge in [-0.15, -0.1) is 0 Å². The van der Waals surface area contributed by atoms with Crippen molar-refractivity contribution in [2.45, 2.75) is 46.1 Å². The van der Waals surface area contributed by atoms with Crippen LogP contribution in [0.25, 0.3) is 0 Å². The molecular formula is C17H25ClN2O2. The van der Waals surface area contributed by atoms with Crippen molar-refractivity contribution in [3.63, 3.8) is 0 Å². The fraction of sp³-hybridized carbons (Fsp3) is 0.529. The molecule has 122 valence electrons. The Hall–Kier alpha value is -1.55. The predicted molar refractivity (Wildman–Crippen MR) is 89.9 cm³/mol. The first kappa shape index (κ1) is 18.5. The van der Waals surface area contributed by atoms with Crippen molar-refractivity contribution in [3.8, 4) is 0 Å². The first-order valence-electron chi connectivity index (χ1n) is 7.49. The third-order valence-corrected chi connectivity index (χ3v) is 3.65. The van der Waals surface area contributed by atoms with Crippen LogP contribution in [0, 0.1) is 0 Å². The highest BCUT2D eigenvalue weighted by Crippen LogP contribution is 2.13. The van der Waals surface area contributed by atoms with Crippen LogP contribution in [0.15, 0.2) is 24.3 Å². The number of rotatable bonds is 6. The van der Waals surface area contributed by atoms with E-state index >= 15 is 0 Å². The monoisotopic (exact) mass is 324 g/mol. The fourth-order valence-electron chi connectivity index (χ4n) is 2.26. The fourth-order valence-corrected chi connectivity index (χ4v) is 2.39. The molecule has 0 saturated carbocycles. The van der Waals surface area contributed by atoms with E-state index in [9.17, 15) is 9.59 Å². The molecule has 0 aliphatic carbocycles. The van der Waals surface area contributed by atoms with Crippen LogP contribution in [-0.2, 0) is 16.0 Å². The van der Waals surface area contributed by atoms with Gasteiger partial charge in [0.25, 0.3) is 0 Å². The summed E-state index contributed by atoms with van der Waals surface area (Å²) in [5.41, 5.74) is 0.861. The van der Waals surface area contributed by atoms with E-state index in [0.29, 0.717) is 24.5 Å². The van der Waals surface area contributed by atoms with Gasteiger partial charge >= 0.3 is 0 Å². The summed E-state index contributed by atoms with van der Waals surface area (Å²) in [6.07, 6.45) is 1.08. The van der Waals surface area contributed by atoms with Crippen LogP contribution >= 0.6 is 11.6 Å². The van der Waals surface area contributed by atoms with Gasteiger partial charge in [0.15, 0.2) is 0 Å². The predicted octanol–water partition coefficient (Wildman–Crippen LogP) is 3.04. The van der Waals surface area contributed by atoms with Crippen LogP contribution in [0.1, 0.15) is 39.7 Å². The molecule has 0 fully saturated rings. The van der Waals surface area contributed by atoms with E-state index in [1.54, 1.807) is 4.90 Å². The second-order valence-corrected chi connectivity index (χ2v) is 6.75. The lowest BCUT2D eigenvalue weighted by molar-refractivity contribution is -0.134. The van der Waals surface area contributed by atoms with Crippen molar-refractivity contribution in [2.75, 3.05) is 13.1 Å². The van der Waals surface area contributed by atoms with E-state index in [0.717, 1.165) is 12.0 Å². The van der Waals surface area contributed by atoms with Crippen LogP contribution in [0.4, 0.5) is 0 Å². The molecule has 5 heteroatoms. The normalized spacial score (nSPS) is 11.1. The summed E-state index contributed by atoms with van der Waals surface area (Å²) in [4.78, 5) is 25.2. The molecule has 0 spiro atoms. The number of carbonyl (C=O) groups is 2. The zero-order valence-corrected chi connectivity index (χ0v) is 14.5. The van der Waals surface area contributed by atoms with Crippen molar-refractivity contribution in [1.82, 2.24) is 10.2 Å². The molecule has 2 amide bonds. The number of carbonyl (C=O) groups excluding carboxylic acids is 2. The van der Waals surface area contributed by atoms with Gasteiger partial charge in [-0.3, -0.25) is 9.59 Å². The minimum atomic E-state index is -0.268. The number of amides is 2. The Morgan fingerprint density at radius 1 is 1.18 bits per heavy atom. The third kappa shape index (κ3) is 6.48. The van der Waals surface area contributed by atoms with Crippen LogP contribution in [0.3, 0.4) is 0 Å². The Morgan fingerprint density at radius 3 is 2.27 bits per heavy atom. The number of nitrogens with zero attached hydrogens (tertiary/aromatic N) is 1. The first-order valence-corrected chi connectivity index (χ1v) is 7.87. The van der Waals surface area contributed by atoms with Crippen LogP contribution in [0.5, 0.6) is 0 Å². The molecule has 1 aromatic rings. The Bertz CT molecular complexity index is 506. The van der Waals surface area contributed by atoms with Crippen LogP contribution in [-0.4, -0.2) is 35.3 Å². The molecule has 0 saturated heterocycles. The average Bonchev–Trinajstić information content (AvgIpc) is 2.39. The van der Waals surface area contributed by atoms with Gasteiger partial charge in [-0.05, 0) is 44.9 Å². The summed E-state index contributed by atoms with van der Waals surface area (Å²) in [6, 6.07) is 7.58.